The van der Waals surface area contributed by atoms with Gasteiger partial charge in [-0.3, -0.25) is 14.9 Å². The van der Waals surface area contributed by atoms with Gasteiger partial charge in [-0.15, -0.1) is 0 Å². The minimum Gasteiger partial charge on any atom is -0.744 e. The molecule has 1 aromatic heterocycles. The van der Waals surface area contributed by atoms with Crippen molar-refractivity contribution in [2.24, 2.45) is 5.10 Å². The number of hydrogen-bond donors (Lipinski definition) is 1. The Hall–Kier alpha value is 1.58. The molecule has 2 aromatic carbocycles. The van der Waals surface area contributed by atoms with E-state index in [2.05, 4.69) is 28.9 Å². The number of carbonyl (C=O) groups excluding carboxylic acids is 3. The van der Waals surface area contributed by atoms with Gasteiger partial charge in [0.25, 0.3) is 5.91 Å². The molecule has 22 nitrogen and oxygen atoms in total. The molecule has 0 spiro atoms. The summed E-state index contributed by atoms with van der Waals surface area (Å²) in [7, 11) is -10.5. The molecule has 4 rings (SSSR count). The molecular formula is C29H22K4N4O18S4. The number of hydrazone groups is 1. The first kappa shape index (κ1) is 60.6. The van der Waals surface area contributed by atoms with Crippen molar-refractivity contribution in [3.8, 4) is 11.6 Å². The number of ether oxygens (including phenoxy) is 2. The Labute approximate surface area is 514 Å². The molecule has 1 aliphatic heterocycles. The zero-order valence-corrected chi connectivity index (χ0v) is 47.3. The van der Waals surface area contributed by atoms with Gasteiger partial charge in [-0.2, -0.15) is 28.6 Å². The van der Waals surface area contributed by atoms with Gasteiger partial charge in [-0.1, -0.05) is 18.2 Å². The fraction of sp³-hybridized carbons (Fsp3) is 0.138. The minimum absolute atomic E-state index is 0. The van der Waals surface area contributed by atoms with Gasteiger partial charge in [0.2, 0.25) is 5.88 Å². The number of esters is 2. The molecule has 30 heteroatoms. The molecule has 0 saturated carbocycles. The Bertz CT molecular complexity index is 2340. The minimum atomic E-state index is -5.24. The molecule has 0 bridgehead atoms. The molecule has 59 heavy (non-hydrogen) atoms. The van der Waals surface area contributed by atoms with E-state index in [1.54, 1.807) is 0 Å². The average Bonchev–Trinajstić information content (AvgIpc) is 3.64. The third-order valence-electron chi connectivity index (χ3n) is 6.63. The van der Waals surface area contributed by atoms with Gasteiger partial charge in [0.05, 0.1) is 69.6 Å². The quantitative estimate of drug-likeness (QED) is 0.0192. The van der Waals surface area contributed by atoms with Gasteiger partial charge in [0.1, 0.15) is 20.2 Å². The number of allylic oxidation sites excluding steroid dienone is 4. The fourth-order valence-corrected chi connectivity index (χ4v) is 6.55. The van der Waals surface area contributed by atoms with Crippen molar-refractivity contribution in [3.63, 3.8) is 0 Å². The largest absolute Gasteiger partial charge is 1.00 e. The van der Waals surface area contributed by atoms with Crippen LogP contribution in [0.1, 0.15) is 29.9 Å². The molecule has 3 aromatic rings. The summed E-state index contributed by atoms with van der Waals surface area (Å²) in [6, 6.07) is 5.73. The van der Waals surface area contributed by atoms with E-state index in [0.717, 1.165) is 48.6 Å². The van der Waals surface area contributed by atoms with Gasteiger partial charge in [0, 0.05) is 9.79 Å². The molecular weight excluding hydrogens is 977 g/mol. The van der Waals surface area contributed by atoms with Crippen molar-refractivity contribution in [2.75, 3.05) is 18.2 Å². The van der Waals surface area contributed by atoms with E-state index < -0.39 is 82.1 Å². The molecule has 0 fully saturated rings. The van der Waals surface area contributed by atoms with Gasteiger partial charge >= 0.3 is 217 Å². The monoisotopic (exact) mass is 998 g/mol. The van der Waals surface area contributed by atoms with E-state index >= 15 is 0 Å². The van der Waals surface area contributed by atoms with E-state index in [-0.39, 0.29) is 234 Å². The second-order valence-corrected chi connectivity index (χ2v) is 14.2. The van der Waals surface area contributed by atoms with Crippen molar-refractivity contribution < 1.29 is 290 Å². The Morgan fingerprint density at radius 2 is 1.31 bits per heavy atom. The van der Waals surface area contributed by atoms with Crippen LogP contribution in [0.3, 0.4) is 0 Å². The summed E-state index contributed by atoms with van der Waals surface area (Å²) in [5.41, 5.74) is -3.13. The van der Waals surface area contributed by atoms with Crippen molar-refractivity contribution >= 4 is 79.6 Å². The summed E-state index contributed by atoms with van der Waals surface area (Å²) in [6.07, 6.45) is 5.73. The van der Waals surface area contributed by atoms with Crippen LogP contribution in [0.5, 0.6) is 5.88 Å². The van der Waals surface area contributed by atoms with Crippen LogP contribution in [-0.2, 0) is 58.0 Å². The zero-order valence-electron chi connectivity index (χ0n) is 31.6. The van der Waals surface area contributed by atoms with Crippen molar-refractivity contribution in [1.82, 2.24) is 9.78 Å². The Morgan fingerprint density at radius 3 is 1.81 bits per heavy atom. The van der Waals surface area contributed by atoms with E-state index in [1.165, 1.54) is 32.1 Å². The maximum Gasteiger partial charge on any atom is 1.00 e. The fourth-order valence-electron chi connectivity index (χ4n) is 4.50. The molecule has 294 valence electrons. The Morgan fingerprint density at radius 1 is 0.797 bits per heavy atom. The van der Waals surface area contributed by atoms with Gasteiger partial charge in [0.15, 0.2) is 11.4 Å². The standard InChI is InChI=1S/C29H26N4O18S4.4K/c1-3-46-28(36)24-18(26(34)32(30-24)20-14-16(52-50-48-38)10-12-22(20)54(40,41)42)8-6-5-7-9-19-25(29(37)47-4-2)31-33(27(19)35)21-15-17(53-51-49-39)11-13-23(21)55(43,44)45;;;;/h5-15,34,38-39H,3-4H2,1-2H3,(H,40,41,42)(H,43,44,45);;;;/q;4*+1/p-4/b7-5-,8-6-,19-9-;;;;. The Balaban J connectivity index is 0.00000841. The van der Waals surface area contributed by atoms with E-state index in [4.69, 9.17) is 9.47 Å². The summed E-state index contributed by atoms with van der Waals surface area (Å²) < 4.78 is 91.1. The van der Waals surface area contributed by atoms with Gasteiger partial charge in [-0.25, -0.2) is 26.4 Å². The van der Waals surface area contributed by atoms with E-state index in [0.29, 0.717) is 33.8 Å². The summed E-state index contributed by atoms with van der Waals surface area (Å²) in [4.78, 5) is 37.3. The number of amides is 1. The molecule has 0 saturated heterocycles. The van der Waals surface area contributed by atoms with E-state index in [1.807, 2.05) is 0 Å². The van der Waals surface area contributed by atoms with Crippen LogP contribution in [0.2, 0.25) is 0 Å². The van der Waals surface area contributed by atoms with Crippen LogP contribution in [0.15, 0.2) is 91.0 Å². The molecule has 0 aliphatic carbocycles. The molecule has 1 N–H and O–H groups in total. The molecule has 2 heterocycles. The number of aromatic hydroxyl groups is 1. The summed E-state index contributed by atoms with van der Waals surface area (Å²) in [5, 5.41) is 46.5. The average molecular weight is 999 g/mol. The Kier molecular flexibility index (Phi) is 29.3. The number of carbonyl (C=O) groups is 3. The number of rotatable bonds is 17. The zero-order chi connectivity index (χ0) is 40.5. The smallest absolute Gasteiger partial charge is 0.744 e. The predicted molar refractivity (Wildman–Crippen MR) is 177 cm³/mol. The van der Waals surface area contributed by atoms with Crippen molar-refractivity contribution in [1.29, 1.82) is 0 Å². The first-order valence-corrected chi connectivity index (χ1v) is 19.0. The first-order chi connectivity index (χ1) is 26.1. The number of anilines is 1. The normalized spacial score (nSPS) is 13.4. The molecule has 1 amide bonds. The second kappa shape index (κ2) is 28.6. The molecule has 1 aliphatic rings. The maximum absolute atomic E-state index is 13.5. The van der Waals surface area contributed by atoms with Crippen LogP contribution in [0.4, 0.5) is 5.69 Å². The third kappa shape index (κ3) is 16.4. The van der Waals surface area contributed by atoms with Crippen LogP contribution >= 0.6 is 24.1 Å². The van der Waals surface area contributed by atoms with Crippen molar-refractivity contribution in [2.45, 2.75) is 33.4 Å². The number of aromatic nitrogens is 2. The molecule has 0 unspecified atom stereocenters. The second-order valence-electron chi connectivity index (χ2n) is 9.93. The van der Waals surface area contributed by atoms with Crippen LogP contribution in [0, 0.1) is 0 Å². The summed E-state index contributed by atoms with van der Waals surface area (Å²) in [5.74, 6) is -4.17. The third-order valence-corrected chi connectivity index (χ3v) is 9.54. The van der Waals surface area contributed by atoms with Gasteiger partial charge < -0.3 is 34.2 Å². The SMILES string of the molecule is CCOC(=O)C1=NN(c2cc(SOO[O-])ccc2S(=O)(=O)[O-])C(=O)\C1=C/C=C\C=C/c1c(C(=O)OCC)nn(-c2cc(SOO[O-])ccc2S(=O)(=O)[O-])c1O.[K+].[K+].[K+].[K+]. The van der Waals surface area contributed by atoms with Crippen LogP contribution in [0.25, 0.3) is 11.8 Å². The molecule has 0 atom stereocenters. The number of hydrogen-bond acceptors (Lipinski definition) is 22. The predicted octanol–water partition coefficient (Wildman–Crippen LogP) is -11.5. The first-order valence-electron chi connectivity index (χ1n) is 14.7. The number of nitrogens with zero attached hydrogens (tertiary/aromatic N) is 4. The van der Waals surface area contributed by atoms with Crippen molar-refractivity contribution in [3.05, 3.63) is 77.5 Å². The topological polar surface area (TPSA) is 321 Å². The van der Waals surface area contributed by atoms with E-state index in [9.17, 15) is 55.9 Å². The maximum atomic E-state index is 13.5. The van der Waals surface area contributed by atoms with Crippen LogP contribution in [-0.4, -0.2) is 77.6 Å². The van der Waals surface area contributed by atoms with Gasteiger partial charge in [-0.05, 0) is 62.4 Å². The molecule has 0 radical (unpaired) electrons. The number of benzene rings is 2. The summed E-state index contributed by atoms with van der Waals surface area (Å²) in [6.45, 7) is 2.61. The summed E-state index contributed by atoms with van der Waals surface area (Å²) >= 11 is 0.619. The van der Waals surface area contributed by atoms with Crippen LogP contribution < -0.4 is 221 Å².